The van der Waals surface area contributed by atoms with Gasteiger partial charge in [-0.1, -0.05) is 71.7 Å². The number of ether oxygens (including phenoxy) is 2. The van der Waals surface area contributed by atoms with Gasteiger partial charge in [0.15, 0.2) is 5.82 Å². The molecule has 0 fully saturated rings. The number of fused-ring (bicyclic) bond motifs is 1. The van der Waals surface area contributed by atoms with Gasteiger partial charge in [-0.3, -0.25) is 4.79 Å². The molecular weight excluding hydrogens is 614 g/mol. The molecule has 0 aliphatic rings. The number of aromatic nitrogens is 2. The molecule has 0 N–H and O–H groups in total. The van der Waals surface area contributed by atoms with E-state index >= 15 is 0 Å². The average Bonchev–Trinajstić information content (AvgIpc) is 2.97. The van der Waals surface area contributed by atoms with Crippen molar-refractivity contribution in [2.45, 2.75) is 40.2 Å². The van der Waals surface area contributed by atoms with Gasteiger partial charge in [0.1, 0.15) is 18.1 Å². The molecule has 0 saturated carbocycles. The Morgan fingerprint density at radius 2 is 1.76 bits per heavy atom. The molecule has 0 radical (unpaired) electrons. The molecule has 0 amide bonds. The van der Waals surface area contributed by atoms with Gasteiger partial charge in [0, 0.05) is 26.2 Å². The van der Waals surface area contributed by atoms with Crippen LogP contribution in [0, 0.1) is 6.92 Å². The van der Waals surface area contributed by atoms with E-state index in [2.05, 4.69) is 35.8 Å². The summed E-state index contributed by atoms with van der Waals surface area (Å²) >= 11 is 9.89. The van der Waals surface area contributed by atoms with E-state index in [1.165, 1.54) is 4.68 Å². The Bertz CT molecular complexity index is 1850. The molecule has 214 valence electrons. The first-order valence-corrected chi connectivity index (χ1v) is 14.9. The highest BCUT2D eigenvalue weighted by molar-refractivity contribution is 9.10. The quantitative estimate of drug-likeness (QED) is 0.151. The van der Waals surface area contributed by atoms with E-state index in [9.17, 15) is 4.79 Å². The summed E-state index contributed by atoms with van der Waals surface area (Å²) in [5, 5.41) is 5.83. The van der Waals surface area contributed by atoms with Gasteiger partial charge in [-0.15, -0.1) is 0 Å². The normalized spacial score (nSPS) is 11.5. The number of benzene rings is 4. The van der Waals surface area contributed by atoms with E-state index in [-0.39, 0.29) is 18.1 Å². The average molecular weight is 645 g/mol. The third-order valence-corrected chi connectivity index (χ3v) is 7.76. The summed E-state index contributed by atoms with van der Waals surface area (Å²) in [6.07, 6.45) is 1.63. The van der Waals surface area contributed by atoms with Crippen molar-refractivity contribution in [1.82, 2.24) is 9.66 Å². The van der Waals surface area contributed by atoms with Crippen LogP contribution in [0.4, 0.5) is 0 Å². The van der Waals surface area contributed by atoms with Crippen LogP contribution >= 0.6 is 27.5 Å². The largest absolute Gasteiger partial charge is 0.494 e. The minimum Gasteiger partial charge on any atom is -0.494 e. The van der Waals surface area contributed by atoms with Gasteiger partial charge in [-0.2, -0.15) is 9.78 Å². The van der Waals surface area contributed by atoms with E-state index in [0.29, 0.717) is 39.7 Å². The summed E-state index contributed by atoms with van der Waals surface area (Å²) in [5.41, 5.74) is 4.68. The number of nitrogens with zero attached hydrogens (tertiary/aromatic N) is 3. The zero-order valence-electron chi connectivity index (χ0n) is 23.9. The number of para-hydroxylation sites is 1. The fraction of sp³-hybridized carbons (Fsp3) is 0.206. The summed E-state index contributed by atoms with van der Waals surface area (Å²) in [6, 6.07) is 24.6. The van der Waals surface area contributed by atoms with Crippen molar-refractivity contribution < 1.29 is 9.47 Å². The molecule has 4 aromatic carbocycles. The summed E-state index contributed by atoms with van der Waals surface area (Å²) in [6.45, 7) is 9.05. The predicted octanol–water partition coefficient (Wildman–Crippen LogP) is 8.77. The van der Waals surface area contributed by atoms with E-state index < -0.39 is 0 Å². The molecule has 0 aliphatic heterocycles. The Balaban J connectivity index is 1.64. The van der Waals surface area contributed by atoms with Crippen molar-refractivity contribution >= 4 is 44.6 Å². The third kappa shape index (κ3) is 6.27. The SMILES string of the molecule is CCOc1cc(C)c(-c2nc3ccccc3c(=O)n2N=Cc2cc(Br)ccc2OCc2ccccc2Cl)cc1C(C)C. The molecule has 0 bridgehead atoms. The Hall–Kier alpha value is -3.94. The van der Waals surface area contributed by atoms with Crippen LogP contribution in [-0.2, 0) is 6.61 Å². The summed E-state index contributed by atoms with van der Waals surface area (Å²) in [4.78, 5) is 18.8. The summed E-state index contributed by atoms with van der Waals surface area (Å²) < 4.78 is 14.3. The predicted molar refractivity (Wildman–Crippen MR) is 174 cm³/mol. The zero-order chi connectivity index (χ0) is 29.8. The van der Waals surface area contributed by atoms with Crippen molar-refractivity contribution in [3.63, 3.8) is 0 Å². The standard InChI is InChI=1S/C34H31BrClN3O3/c1-5-41-32-16-22(4)28(18-27(32)21(2)3)33-38-30-13-9-7-11-26(30)34(40)39(33)37-19-24-17-25(35)14-15-31(24)42-20-23-10-6-8-12-29(23)36/h6-19,21H,5,20H2,1-4H3. The van der Waals surface area contributed by atoms with Crippen molar-refractivity contribution in [2.75, 3.05) is 6.61 Å². The van der Waals surface area contributed by atoms with Gasteiger partial charge in [-0.25, -0.2) is 4.98 Å². The third-order valence-electron chi connectivity index (χ3n) is 6.90. The van der Waals surface area contributed by atoms with Gasteiger partial charge in [0.25, 0.3) is 5.56 Å². The van der Waals surface area contributed by atoms with Gasteiger partial charge in [-0.05, 0) is 79.4 Å². The Kier molecular flexibility index (Phi) is 9.09. The lowest BCUT2D eigenvalue weighted by Crippen LogP contribution is -2.21. The molecule has 5 rings (SSSR count). The summed E-state index contributed by atoms with van der Waals surface area (Å²) in [7, 11) is 0. The van der Waals surface area contributed by atoms with Crippen LogP contribution in [0.2, 0.25) is 5.02 Å². The number of halogens is 2. The number of hydrogen-bond acceptors (Lipinski definition) is 5. The van der Waals surface area contributed by atoms with Crippen molar-refractivity contribution in [1.29, 1.82) is 0 Å². The van der Waals surface area contributed by atoms with Crippen LogP contribution < -0.4 is 15.0 Å². The lowest BCUT2D eigenvalue weighted by Gasteiger charge is -2.18. The van der Waals surface area contributed by atoms with E-state index in [4.69, 9.17) is 31.2 Å². The maximum absolute atomic E-state index is 13.9. The van der Waals surface area contributed by atoms with Gasteiger partial charge in [0.05, 0.1) is 23.7 Å². The molecule has 8 heteroatoms. The molecule has 42 heavy (non-hydrogen) atoms. The second-order valence-electron chi connectivity index (χ2n) is 10.2. The van der Waals surface area contributed by atoms with Crippen LogP contribution in [0.3, 0.4) is 0 Å². The lowest BCUT2D eigenvalue weighted by atomic mass is 9.96. The minimum absolute atomic E-state index is 0.203. The lowest BCUT2D eigenvalue weighted by molar-refractivity contribution is 0.306. The first kappa shape index (κ1) is 29.5. The first-order chi connectivity index (χ1) is 20.3. The van der Waals surface area contributed by atoms with Crippen LogP contribution in [-0.4, -0.2) is 22.5 Å². The minimum atomic E-state index is -0.264. The molecule has 5 aromatic rings. The molecular formula is C34H31BrClN3O3. The highest BCUT2D eigenvalue weighted by Crippen LogP contribution is 2.34. The Morgan fingerprint density at radius 3 is 2.52 bits per heavy atom. The molecule has 0 aliphatic carbocycles. The smallest absolute Gasteiger partial charge is 0.282 e. The molecule has 0 spiro atoms. The highest BCUT2D eigenvalue weighted by atomic mass is 79.9. The van der Waals surface area contributed by atoms with Crippen molar-refractivity contribution in [2.24, 2.45) is 5.10 Å². The molecule has 0 unspecified atom stereocenters. The maximum Gasteiger partial charge on any atom is 0.282 e. The maximum atomic E-state index is 13.9. The van der Waals surface area contributed by atoms with E-state index in [1.54, 1.807) is 12.3 Å². The van der Waals surface area contributed by atoms with Crippen molar-refractivity contribution in [3.05, 3.63) is 121 Å². The fourth-order valence-electron chi connectivity index (χ4n) is 4.72. The van der Waals surface area contributed by atoms with Crippen LogP contribution in [0.15, 0.2) is 93.2 Å². The first-order valence-electron chi connectivity index (χ1n) is 13.8. The Morgan fingerprint density at radius 1 is 1.00 bits per heavy atom. The second-order valence-corrected chi connectivity index (χ2v) is 11.5. The second kappa shape index (κ2) is 12.9. The zero-order valence-corrected chi connectivity index (χ0v) is 26.2. The molecule has 0 atom stereocenters. The van der Waals surface area contributed by atoms with Crippen molar-refractivity contribution in [3.8, 4) is 22.9 Å². The number of aryl methyl sites for hydroxylation is 1. The van der Waals surface area contributed by atoms with Crippen LogP contribution in [0.25, 0.3) is 22.3 Å². The fourth-order valence-corrected chi connectivity index (χ4v) is 5.29. The summed E-state index contributed by atoms with van der Waals surface area (Å²) in [5.74, 6) is 2.09. The molecule has 1 heterocycles. The highest BCUT2D eigenvalue weighted by Gasteiger charge is 2.19. The molecule has 1 aromatic heterocycles. The van der Waals surface area contributed by atoms with Crippen LogP contribution in [0.5, 0.6) is 11.5 Å². The monoisotopic (exact) mass is 643 g/mol. The molecule has 0 saturated heterocycles. The Labute approximate surface area is 258 Å². The van der Waals surface area contributed by atoms with Gasteiger partial charge >= 0.3 is 0 Å². The van der Waals surface area contributed by atoms with Crippen LogP contribution in [0.1, 0.15) is 48.9 Å². The van der Waals surface area contributed by atoms with Gasteiger partial charge < -0.3 is 9.47 Å². The topological polar surface area (TPSA) is 65.7 Å². The number of rotatable bonds is 9. The van der Waals surface area contributed by atoms with Gasteiger partial charge in [0.2, 0.25) is 0 Å². The number of hydrogen-bond donors (Lipinski definition) is 0. The molecule has 6 nitrogen and oxygen atoms in total. The van der Waals surface area contributed by atoms with E-state index in [1.807, 2.05) is 80.6 Å². The van der Waals surface area contributed by atoms with E-state index in [0.717, 1.165) is 32.5 Å².